The Morgan fingerprint density at radius 1 is 1.04 bits per heavy atom. The molecule has 1 aromatic heterocycles. The van der Waals surface area contributed by atoms with Crippen molar-refractivity contribution in [2.24, 2.45) is 5.92 Å². The fraction of sp³-hybridized carbons (Fsp3) is 0.650. The highest BCUT2D eigenvalue weighted by molar-refractivity contribution is 5.99. The molecule has 0 aliphatic heterocycles. The van der Waals surface area contributed by atoms with Crippen molar-refractivity contribution in [3.63, 3.8) is 0 Å². The number of hydrogen-bond donors (Lipinski definition) is 2. The lowest BCUT2D eigenvalue weighted by Crippen LogP contribution is -2.41. The van der Waals surface area contributed by atoms with Gasteiger partial charge in [0.1, 0.15) is 11.1 Å². The van der Waals surface area contributed by atoms with Crippen LogP contribution in [0.5, 0.6) is 0 Å². The second kappa shape index (κ2) is 9.01. The summed E-state index contributed by atoms with van der Waals surface area (Å²) in [6.45, 7) is 8.40. The van der Waals surface area contributed by atoms with Crippen molar-refractivity contribution in [1.29, 1.82) is 0 Å². The number of nitrogens with zero attached hydrogens (tertiary/aromatic N) is 1. The van der Waals surface area contributed by atoms with Crippen LogP contribution < -0.4 is 16.1 Å². The largest absolute Gasteiger partial charge is 0.352 e. The molecule has 6 heteroatoms. The Balaban J connectivity index is 2.34. The second-order valence-corrected chi connectivity index (χ2v) is 7.94. The summed E-state index contributed by atoms with van der Waals surface area (Å²) < 4.78 is 1.77. The van der Waals surface area contributed by atoms with E-state index in [9.17, 15) is 14.4 Å². The number of aromatic nitrogens is 1. The Labute approximate surface area is 155 Å². The summed E-state index contributed by atoms with van der Waals surface area (Å²) in [6, 6.07) is 0.0301. The summed E-state index contributed by atoms with van der Waals surface area (Å²) in [7, 11) is 0. The van der Waals surface area contributed by atoms with Crippen molar-refractivity contribution in [3.05, 3.63) is 33.7 Å². The van der Waals surface area contributed by atoms with Crippen LogP contribution in [-0.2, 0) is 6.54 Å². The average molecular weight is 361 g/mol. The summed E-state index contributed by atoms with van der Waals surface area (Å²) in [5.41, 5.74) is -0.431. The molecule has 6 nitrogen and oxygen atoms in total. The Morgan fingerprint density at radius 3 is 2.15 bits per heavy atom. The Morgan fingerprint density at radius 2 is 1.62 bits per heavy atom. The molecule has 1 saturated carbocycles. The van der Waals surface area contributed by atoms with Crippen LogP contribution in [-0.4, -0.2) is 28.5 Å². The molecule has 0 unspecified atom stereocenters. The molecule has 0 atom stereocenters. The van der Waals surface area contributed by atoms with Gasteiger partial charge in [-0.1, -0.05) is 33.1 Å². The molecule has 26 heavy (non-hydrogen) atoms. The maximum atomic E-state index is 12.8. The number of amides is 2. The van der Waals surface area contributed by atoms with Gasteiger partial charge in [-0.05, 0) is 32.6 Å². The van der Waals surface area contributed by atoms with E-state index in [1.54, 1.807) is 17.0 Å². The molecule has 1 fully saturated rings. The number of nitrogens with one attached hydrogen (secondary N) is 2. The third kappa shape index (κ3) is 5.44. The Bertz CT molecular complexity index is 701. The van der Waals surface area contributed by atoms with Gasteiger partial charge in [0.05, 0.1) is 0 Å². The molecule has 0 saturated heterocycles. The minimum atomic E-state index is -0.503. The molecule has 1 aliphatic rings. The molecule has 2 rings (SSSR count). The SMILES string of the molecule is CC(C)Cn1cc(C(=O)NC(C)C)c(=O)c(C(=O)NC2CCCCC2)c1. The van der Waals surface area contributed by atoms with Gasteiger partial charge >= 0.3 is 0 Å². The van der Waals surface area contributed by atoms with Gasteiger partial charge in [-0.2, -0.15) is 0 Å². The molecule has 2 N–H and O–H groups in total. The first-order valence-corrected chi connectivity index (χ1v) is 9.63. The third-order valence-electron chi connectivity index (χ3n) is 4.50. The van der Waals surface area contributed by atoms with Gasteiger partial charge in [0.2, 0.25) is 5.43 Å². The lowest BCUT2D eigenvalue weighted by Gasteiger charge is -2.23. The molecular formula is C20H31N3O3. The molecule has 1 heterocycles. The van der Waals surface area contributed by atoms with E-state index >= 15 is 0 Å². The van der Waals surface area contributed by atoms with Gasteiger partial charge < -0.3 is 15.2 Å². The number of carbonyl (C=O) groups excluding carboxylic acids is 2. The number of hydrogen-bond acceptors (Lipinski definition) is 3. The fourth-order valence-electron chi connectivity index (χ4n) is 3.33. The first-order valence-electron chi connectivity index (χ1n) is 9.63. The minimum Gasteiger partial charge on any atom is -0.352 e. The van der Waals surface area contributed by atoms with Crippen LogP contribution in [0.2, 0.25) is 0 Å². The molecule has 1 aromatic rings. The number of rotatable bonds is 6. The van der Waals surface area contributed by atoms with E-state index in [1.807, 2.05) is 27.7 Å². The van der Waals surface area contributed by atoms with Crippen LogP contribution >= 0.6 is 0 Å². The van der Waals surface area contributed by atoms with Crippen molar-refractivity contribution < 1.29 is 9.59 Å². The van der Waals surface area contributed by atoms with Crippen molar-refractivity contribution in [2.45, 2.75) is 78.4 Å². The van der Waals surface area contributed by atoms with E-state index in [-0.39, 0.29) is 29.1 Å². The average Bonchev–Trinajstić information content (AvgIpc) is 2.55. The van der Waals surface area contributed by atoms with Crippen molar-refractivity contribution in [3.8, 4) is 0 Å². The zero-order chi connectivity index (χ0) is 19.3. The summed E-state index contributed by atoms with van der Waals surface area (Å²) in [5.74, 6) is -0.485. The quantitative estimate of drug-likeness (QED) is 0.817. The van der Waals surface area contributed by atoms with E-state index in [1.165, 1.54) is 6.42 Å². The highest BCUT2D eigenvalue weighted by atomic mass is 16.2. The zero-order valence-electron chi connectivity index (χ0n) is 16.3. The van der Waals surface area contributed by atoms with Crippen molar-refractivity contribution >= 4 is 11.8 Å². The minimum absolute atomic E-state index is 0.0237. The highest BCUT2D eigenvalue weighted by Gasteiger charge is 2.22. The van der Waals surface area contributed by atoms with Crippen LogP contribution in [0.15, 0.2) is 17.2 Å². The molecule has 1 aliphatic carbocycles. The van der Waals surface area contributed by atoms with Crippen LogP contribution in [0, 0.1) is 5.92 Å². The van der Waals surface area contributed by atoms with E-state index < -0.39 is 11.3 Å². The third-order valence-corrected chi connectivity index (χ3v) is 4.50. The predicted molar refractivity (Wildman–Crippen MR) is 102 cm³/mol. The highest BCUT2D eigenvalue weighted by Crippen LogP contribution is 2.17. The van der Waals surface area contributed by atoms with Crippen molar-refractivity contribution in [2.75, 3.05) is 0 Å². The molecule has 0 spiro atoms. The van der Waals surface area contributed by atoms with Gasteiger partial charge in [-0.3, -0.25) is 14.4 Å². The topological polar surface area (TPSA) is 80.2 Å². The van der Waals surface area contributed by atoms with E-state index in [0.717, 1.165) is 25.7 Å². The molecular weight excluding hydrogens is 330 g/mol. The molecule has 144 valence electrons. The van der Waals surface area contributed by atoms with Crippen molar-refractivity contribution in [1.82, 2.24) is 15.2 Å². The lowest BCUT2D eigenvalue weighted by molar-refractivity contribution is 0.0925. The first-order chi connectivity index (χ1) is 12.3. The van der Waals surface area contributed by atoms with Crippen LogP contribution in [0.4, 0.5) is 0 Å². The first kappa shape index (κ1) is 20.2. The number of carbonyl (C=O) groups is 2. The predicted octanol–water partition coefficient (Wildman–Crippen LogP) is 2.71. The van der Waals surface area contributed by atoms with Crippen LogP contribution in [0.1, 0.15) is 80.5 Å². The molecule has 0 aromatic carbocycles. The smallest absolute Gasteiger partial charge is 0.256 e. The normalized spacial score (nSPS) is 15.3. The van der Waals surface area contributed by atoms with Gasteiger partial charge in [0.15, 0.2) is 0 Å². The number of pyridine rings is 1. The maximum absolute atomic E-state index is 12.8. The van der Waals surface area contributed by atoms with Gasteiger partial charge in [-0.15, -0.1) is 0 Å². The summed E-state index contributed by atoms with van der Waals surface area (Å²) >= 11 is 0. The summed E-state index contributed by atoms with van der Waals surface area (Å²) in [4.78, 5) is 37.9. The zero-order valence-corrected chi connectivity index (χ0v) is 16.3. The molecule has 0 radical (unpaired) electrons. The van der Waals surface area contributed by atoms with E-state index in [0.29, 0.717) is 12.5 Å². The van der Waals surface area contributed by atoms with Crippen LogP contribution in [0.25, 0.3) is 0 Å². The molecule has 2 amide bonds. The van der Waals surface area contributed by atoms with Crippen LogP contribution in [0.3, 0.4) is 0 Å². The van der Waals surface area contributed by atoms with Gasteiger partial charge in [0.25, 0.3) is 11.8 Å². The fourth-order valence-corrected chi connectivity index (χ4v) is 3.33. The van der Waals surface area contributed by atoms with Gasteiger partial charge in [0, 0.05) is 31.0 Å². The summed E-state index contributed by atoms with van der Waals surface area (Å²) in [6.07, 6.45) is 8.40. The Kier molecular flexibility index (Phi) is 7.00. The Hall–Kier alpha value is -2.11. The second-order valence-electron chi connectivity index (χ2n) is 7.94. The van der Waals surface area contributed by atoms with Gasteiger partial charge in [-0.25, -0.2) is 0 Å². The van der Waals surface area contributed by atoms with E-state index in [4.69, 9.17) is 0 Å². The van der Waals surface area contributed by atoms with E-state index in [2.05, 4.69) is 10.6 Å². The monoisotopic (exact) mass is 361 g/mol. The maximum Gasteiger partial charge on any atom is 0.256 e. The molecule has 0 bridgehead atoms. The summed E-state index contributed by atoms with van der Waals surface area (Å²) in [5, 5.41) is 5.72. The lowest BCUT2D eigenvalue weighted by atomic mass is 9.95. The standard InChI is InChI=1S/C20H31N3O3/c1-13(2)10-23-11-16(19(25)21-14(3)4)18(24)17(12-23)20(26)22-15-8-6-5-7-9-15/h11-15H,5-10H2,1-4H3,(H,21,25)(H,22,26).